The molecule has 0 spiro atoms. The fourth-order valence-corrected chi connectivity index (χ4v) is 1.57. The van der Waals surface area contributed by atoms with Crippen LogP contribution < -0.4 is 10.5 Å². The third-order valence-electron chi connectivity index (χ3n) is 2.83. The zero-order valence-corrected chi connectivity index (χ0v) is 10.4. The smallest absolute Gasteiger partial charge is 0.118 e. The summed E-state index contributed by atoms with van der Waals surface area (Å²) in [6.45, 7) is 8.28. The number of nitrogens with two attached hydrogens (primary N) is 1. The van der Waals surface area contributed by atoms with Gasteiger partial charge in [-0.2, -0.15) is 0 Å². The standard InChI is InChI=1S/C14H21NO/c1-10(2)11(3)14(15)9-12-5-7-13(16-4)8-6-12/h5-8,10,14H,3,9,15H2,1-2,4H3/t14-/m1/s1. The first-order valence-electron chi connectivity index (χ1n) is 5.61. The van der Waals surface area contributed by atoms with Gasteiger partial charge in [-0.05, 0) is 30.0 Å². The molecule has 2 nitrogen and oxygen atoms in total. The Labute approximate surface area is 98.1 Å². The molecule has 2 N–H and O–H groups in total. The first kappa shape index (κ1) is 12.8. The number of rotatable bonds is 5. The molecule has 0 aliphatic rings. The summed E-state index contributed by atoms with van der Waals surface area (Å²) in [5, 5.41) is 0. The van der Waals surface area contributed by atoms with Gasteiger partial charge in [0.2, 0.25) is 0 Å². The van der Waals surface area contributed by atoms with Gasteiger partial charge in [0, 0.05) is 6.04 Å². The molecule has 0 saturated heterocycles. The maximum Gasteiger partial charge on any atom is 0.118 e. The van der Waals surface area contributed by atoms with Crippen molar-refractivity contribution in [3.63, 3.8) is 0 Å². The van der Waals surface area contributed by atoms with E-state index >= 15 is 0 Å². The van der Waals surface area contributed by atoms with Crippen LogP contribution in [0, 0.1) is 5.92 Å². The average molecular weight is 219 g/mol. The molecule has 0 saturated carbocycles. The van der Waals surface area contributed by atoms with Crippen molar-refractivity contribution in [2.45, 2.75) is 26.3 Å². The lowest BCUT2D eigenvalue weighted by molar-refractivity contribution is 0.414. The predicted molar refractivity (Wildman–Crippen MR) is 68.7 cm³/mol. The van der Waals surface area contributed by atoms with Crippen LogP contribution in [0.2, 0.25) is 0 Å². The van der Waals surface area contributed by atoms with Crippen molar-refractivity contribution < 1.29 is 4.74 Å². The van der Waals surface area contributed by atoms with Crippen LogP contribution in [0.3, 0.4) is 0 Å². The van der Waals surface area contributed by atoms with E-state index in [1.54, 1.807) is 7.11 Å². The molecule has 0 heterocycles. The Morgan fingerprint density at radius 2 is 1.88 bits per heavy atom. The summed E-state index contributed by atoms with van der Waals surface area (Å²) >= 11 is 0. The molecular weight excluding hydrogens is 198 g/mol. The molecule has 0 fully saturated rings. The van der Waals surface area contributed by atoms with Crippen LogP contribution in [-0.4, -0.2) is 13.2 Å². The monoisotopic (exact) mass is 219 g/mol. The highest BCUT2D eigenvalue weighted by atomic mass is 16.5. The quantitative estimate of drug-likeness (QED) is 0.773. The van der Waals surface area contributed by atoms with Gasteiger partial charge in [0.25, 0.3) is 0 Å². The Hall–Kier alpha value is -1.28. The van der Waals surface area contributed by atoms with Crippen LogP contribution >= 0.6 is 0 Å². The van der Waals surface area contributed by atoms with Crippen LogP contribution in [-0.2, 0) is 6.42 Å². The second kappa shape index (κ2) is 5.71. The fraction of sp³-hybridized carbons (Fsp3) is 0.429. The Morgan fingerprint density at radius 1 is 1.31 bits per heavy atom. The van der Waals surface area contributed by atoms with E-state index in [0.29, 0.717) is 5.92 Å². The minimum absolute atomic E-state index is 0.0356. The molecule has 2 heteroatoms. The van der Waals surface area contributed by atoms with E-state index in [4.69, 9.17) is 10.5 Å². The second-order valence-electron chi connectivity index (χ2n) is 4.39. The molecule has 0 unspecified atom stereocenters. The van der Waals surface area contributed by atoms with Gasteiger partial charge in [0.15, 0.2) is 0 Å². The average Bonchev–Trinajstić information content (AvgIpc) is 2.28. The van der Waals surface area contributed by atoms with E-state index in [1.165, 1.54) is 5.56 Å². The summed E-state index contributed by atoms with van der Waals surface area (Å²) in [5.41, 5.74) is 8.41. The molecule has 0 aliphatic heterocycles. The van der Waals surface area contributed by atoms with E-state index < -0.39 is 0 Å². The Balaban J connectivity index is 2.62. The van der Waals surface area contributed by atoms with Gasteiger partial charge in [0.1, 0.15) is 5.75 Å². The van der Waals surface area contributed by atoms with E-state index in [-0.39, 0.29) is 6.04 Å². The SMILES string of the molecule is C=C(C(C)C)[C@H](N)Cc1ccc(OC)cc1. The van der Waals surface area contributed by atoms with Gasteiger partial charge < -0.3 is 10.5 Å². The maximum absolute atomic E-state index is 6.09. The molecule has 1 aromatic carbocycles. The molecule has 16 heavy (non-hydrogen) atoms. The predicted octanol–water partition coefficient (Wildman–Crippen LogP) is 2.78. The zero-order valence-electron chi connectivity index (χ0n) is 10.4. The summed E-state index contributed by atoms with van der Waals surface area (Å²) < 4.78 is 5.11. The van der Waals surface area contributed by atoms with Crippen LogP contribution in [0.15, 0.2) is 36.4 Å². The molecule has 0 bridgehead atoms. The van der Waals surface area contributed by atoms with Crippen LogP contribution in [0.1, 0.15) is 19.4 Å². The van der Waals surface area contributed by atoms with E-state index in [0.717, 1.165) is 17.7 Å². The van der Waals surface area contributed by atoms with Crippen molar-refractivity contribution in [2.24, 2.45) is 11.7 Å². The second-order valence-corrected chi connectivity index (χ2v) is 4.39. The van der Waals surface area contributed by atoms with Gasteiger partial charge in [-0.3, -0.25) is 0 Å². The number of methoxy groups -OCH3 is 1. The highest BCUT2D eigenvalue weighted by Gasteiger charge is 2.11. The van der Waals surface area contributed by atoms with Crippen LogP contribution in [0.4, 0.5) is 0 Å². The van der Waals surface area contributed by atoms with Crippen molar-refractivity contribution in [1.82, 2.24) is 0 Å². The highest BCUT2D eigenvalue weighted by molar-refractivity contribution is 5.28. The van der Waals surface area contributed by atoms with Gasteiger partial charge in [-0.25, -0.2) is 0 Å². The van der Waals surface area contributed by atoms with Gasteiger partial charge in [-0.1, -0.05) is 38.1 Å². The molecule has 88 valence electrons. The van der Waals surface area contributed by atoms with Crippen LogP contribution in [0.25, 0.3) is 0 Å². The Morgan fingerprint density at radius 3 is 2.31 bits per heavy atom. The number of ether oxygens (including phenoxy) is 1. The molecule has 0 radical (unpaired) electrons. The number of hydrogen-bond donors (Lipinski definition) is 1. The summed E-state index contributed by atoms with van der Waals surface area (Å²) in [4.78, 5) is 0. The molecule has 0 aromatic heterocycles. The third-order valence-corrected chi connectivity index (χ3v) is 2.83. The van der Waals surface area contributed by atoms with E-state index in [9.17, 15) is 0 Å². The molecule has 1 rings (SSSR count). The fourth-order valence-electron chi connectivity index (χ4n) is 1.57. The molecular formula is C14H21NO. The Bertz CT molecular complexity index is 340. The van der Waals surface area contributed by atoms with E-state index in [2.05, 4.69) is 20.4 Å². The Kier molecular flexibility index (Phi) is 4.56. The third kappa shape index (κ3) is 3.38. The van der Waals surface area contributed by atoms with Crippen LogP contribution in [0.5, 0.6) is 5.75 Å². The van der Waals surface area contributed by atoms with E-state index in [1.807, 2.05) is 24.3 Å². The van der Waals surface area contributed by atoms with Crippen molar-refractivity contribution >= 4 is 0 Å². The summed E-state index contributed by atoms with van der Waals surface area (Å²) in [5.74, 6) is 1.31. The normalized spacial score (nSPS) is 12.6. The molecule has 0 aliphatic carbocycles. The lowest BCUT2D eigenvalue weighted by Gasteiger charge is -2.18. The topological polar surface area (TPSA) is 35.2 Å². The minimum Gasteiger partial charge on any atom is -0.497 e. The summed E-state index contributed by atoms with van der Waals surface area (Å²) in [6.07, 6.45) is 0.834. The van der Waals surface area contributed by atoms with Gasteiger partial charge in [-0.15, -0.1) is 0 Å². The largest absolute Gasteiger partial charge is 0.497 e. The van der Waals surface area contributed by atoms with Crippen molar-refractivity contribution in [3.8, 4) is 5.75 Å². The minimum atomic E-state index is 0.0356. The zero-order chi connectivity index (χ0) is 12.1. The van der Waals surface area contributed by atoms with Crippen molar-refractivity contribution in [3.05, 3.63) is 42.0 Å². The first-order chi connectivity index (χ1) is 7.54. The molecule has 1 atom stereocenters. The summed E-state index contributed by atoms with van der Waals surface area (Å²) in [6, 6.07) is 8.05. The van der Waals surface area contributed by atoms with Crippen molar-refractivity contribution in [1.29, 1.82) is 0 Å². The summed E-state index contributed by atoms with van der Waals surface area (Å²) in [7, 11) is 1.67. The highest BCUT2D eigenvalue weighted by Crippen LogP contribution is 2.16. The number of hydrogen-bond acceptors (Lipinski definition) is 2. The molecule has 0 amide bonds. The first-order valence-corrected chi connectivity index (χ1v) is 5.61. The molecule has 1 aromatic rings. The van der Waals surface area contributed by atoms with Gasteiger partial charge in [0.05, 0.1) is 7.11 Å². The maximum atomic E-state index is 6.09. The van der Waals surface area contributed by atoms with Crippen molar-refractivity contribution in [2.75, 3.05) is 7.11 Å². The number of benzene rings is 1. The lowest BCUT2D eigenvalue weighted by atomic mass is 9.93. The lowest BCUT2D eigenvalue weighted by Crippen LogP contribution is -2.27. The van der Waals surface area contributed by atoms with Gasteiger partial charge >= 0.3 is 0 Å².